The number of allylic oxidation sites excluding steroid dienone is 5. The highest BCUT2D eigenvalue weighted by Crippen LogP contribution is 2.29. The molecule has 17 heavy (non-hydrogen) atoms. The molecule has 0 atom stereocenters. The van der Waals surface area contributed by atoms with Gasteiger partial charge in [0.25, 0.3) is 0 Å². The van der Waals surface area contributed by atoms with Gasteiger partial charge in [-0.2, -0.15) is 0 Å². The van der Waals surface area contributed by atoms with Crippen LogP contribution in [0.5, 0.6) is 0 Å². The predicted molar refractivity (Wildman–Crippen MR) is 72.9 cm³/mol. The summed E-state index contributed by atoms with van der Waals surface area (Å²) in [5.41, 5.74) is 6.22. The van der Waals surface area contributed by atoms with E-state index in [4.69, 9.17) is 4.42 Å². The molecule has 0 spiro atoms. The van der Waals surface area contributed by atoms with Crippen molar-refractivity contribution in [3.8, 4) is 0 Å². The fourth-order valence-electron chi connectivity index (χ4n) is 2.37. The summed E-state index contributed by atoms with van der Waals surface area (Å²) >= 11 is 0. The van der Waals surface area contributed by atoms with E-state index in [1.54, 1.807) is 0 Å². The highest BCUT2D eigenvalue weighted by molar-refractivity contribution is 5.76. The topological polar surface area (TPSA) is 13.1 Å². The van der Waals surface area contributed by atoms with Crippen molar-refractivity contribution in [2.45, 2.75) is 40.0 Å². The molecular weight excluding hydrogens is 208 g/mol. The van der Waals surface area contributed by atoms with Gasteiger partial charge >= 0.3 is 0 Å². The van der Waals surface area contributed by atoms with Crippen molar-refractivity contribution < 1.29 is 4.42 Å². The van der Waals surface area contributed by atoms with E-state index in [1.165, 1.54) is 22.3 Å². The lowest BCUT2D eigenvalue weighted by Crippen LogP contribution is -1.94. The Kier molecular flexibility index (Phi) is 3.37. The number of fused-ring (bicyclic) bond motifs is 1. The van der Waals surface area contributed by atoms with Crippen LogP contribution in [0.25, 0.3) is 5.57 Å². The second kappa shape index (κ2) is 4.79. The lowest BCUT2D eigenvalue weighted by Gasteiger charge is -2.09. The molecule has 0 amide bonds. The summed E-state index contributed by atoms with van der Waals surface area (Å²) in [4.78, 5) is 0. The van der Waals surface area contributed by atoms with Crippen molar-refractivity contribution in [3.63, 3.8) is 0 Å². The lowest BCUT2D eigenvalue weighted by atomic mass is 9.95. The monoisotopic (exact) mass is 228 g/mol. The summed E-state index contributed by atoms with van der Waals surface area (Å²) in [6.45, 7) is 10.6. The van der Waals surface area contributed by atoms with E-state index in [2.05, 4.69) is 39.5 Å². The first-order valence-electron chi connectivity index (χ1n) is 6.17. The third-order valence-electron chi connectivity index (χ3n) is 3.26. The van der Waals surface area contributed by atoms with Crippen LogP contribution < -0.4 is 0 Å². The predicted octanol–water partition coefficient (Wildman–Crippen LogP) is 4.83. The summed E-state index contributed by atoms with van der Waals surface area (Å²) in [7, 11) is 0. The van der Waals surface area contributed by atoms with Crippen LogP contribution in [0, 0.1) is 6.92 Å². The summed E-state index contributed by atoms with van der Waals surface area (Å²) in [6.07, 6.45) is 9.46. The third-order valence-corrected chi connectivity index (χ3v) is 3.26. The number of rotatable bonds is 0. The molecule has 0 aliphatic heterocycles. The SMILES string of the molecule is C=C1/C=C(/C)CC/C=C(\C)Cc2occ(C)c21. The average molecular weight is 228 g/mol. The highest BCUT2D eigenvalue weighted by atomic mass is 16.3. The smallest absolute Gasteiger partial charge is 0.115 e. The average Bonchev–Trinajstić information content (AvgIpc) is 2.58. The molecule has 1 heterocycles. The van der Waals surface area contributed by atoms with Crippen LogP contribution in [0.3, 0.4) is 0 Å². The van der Waals surface area contributed by atoms with Gasteiger partial charge in [-0.25, -0.2) is 0 Å². The summed E-state index contributed by atoms with van der Waals surface area (Å²) < 4.78 is 5.66. The molecule has 0 unspecified atom stereocenters. The van der Waals surface area contributed by atoms with Crippen molar-refractivity contribution >= 4 is 5.57 Å². The third kappa shape index (κ3) is 2.60. The lowest BCUT2D eigenvalue weighted by molar-refractivity contribution is 0.517. The first-order valence-corrected chi connectivity index (χ1v) is 6.17. The molecule has 2 rings (SSSR count). The fraction of sp³-hybridized carbons (Fsp3) is 0.375. The molecule has 1 aromatic heterocycles. The Morgan fingerprint density at radius 2 is 1.94 bits per heavy atom. The van der Waals surface area contributed by atoms with Crippen LogP contribution in [-0.2, 0) is 6.42 Å². The van der Waals surface area contributed by atoms with Gasteiger partial charge in [0.05, 0.1) is 6.26 Å². The minimum Gasteiger partial charge on any atom is -0.468 e. The van der Waals surface area contributed by atoms with Gasteiger partial charge in [-0.05, 0) is 44.7 Å². The molecule has 1 nitrogen and oxygen atoms in total. The van der Waals surface area contributed by atoms with Crippen molar-refractivity contribution in [1.82, 2.24) is 0 Å². The van der Waals surface area contributed by atoms with Crippen LogP contribution in [-0.4, -0.2) is 0 Å². The second-order valence-corrected chi connectivity index (χ2v) is 5.00. The molecule has 0 radical (unpaired) electrons. The van der Waals surface area contributed by atoms with Gasteiger partial charge in [0.2, 0.25) is 0 Å². The molecule has 1 aromatic rings. The minimum atomic E-state index is 0.898. The van der Waals surface area contributed by atoms with Crippen LogP contribution in [0.1, 0.15) is 43.6 Å². The Morgan fingerprint density at radius 3 is 2.71 bits per heavy atom. The standard InChI is InChI=1S/C16H20O/c1-11-6-5-7-12(2)9-15-16(13(3)8-11)14(4)10-17-15/h7-8,10H,3,5-6,9H2,1-2,4H3/b11-8-,12-7+. The van der Waals surface area contributed by atoms with E-state index in [9.17, 15) is 0 Å². The minimum absolute atomic E-state index is 0.898. The molecule has 1 aliphatic rings. The van der Waals surface area contributed by atoms with Gasteiger partial charge < -0.3 is 4.42 Å². The first kappa shape index (κ1) is 12.0. The van der Waals surface area contributed by atoms with Crippen molar-refractivity contribution in [1.29, 1.82) is 0 Å². The fourth-order valence-corrected chi connectivity index (χ4v) is 2.37. The summed E-state index contributed by atoms with van der Waals surface area (Å²) in [5.74, 6) is 1.05. The number of hydrogen-bond acceptors (Lipinski definition) is 1. The second-order valence-electron chi connectivity index (χ2n) is 5.00. The van der Waals surface area contributed by atoms with Gasteiger partial charge in [0.1, 0.15) is 5.76 Å². The van der Waals surface area contributed by atoms with Crippen molar-refractivity contribution in [2.75, 3.05) is 0 Å². The van der Waals surface area contributed by atoms with E-state index in [1.807, 2.05) is 6.26 Å². The van der Waals surface area contributed by atoms with E-state index in [0.29, 0.717) is 0 Å². The molecule has 0 fully saturated rings. The van der Waals surface area contributed by atoms with E-state index in [-0.39, 0.29) is 0 Å². The maximum atomic E-state index is 5.66. The molecule has 0 saturated heterocycles. The maximum Gasteiger partial charge on any atom is 0.115 e. The Labute approximate surface area is 104 Å². The highest BCUT2D eigenvalue weighted by Gasteiger charge is 2.14. The van der Waals surface area contributed by atoms with E-state index in [0.717, 1.165) is 30.6 Å². The van der Waals surface area contributed by atoms with E-state index < -0.39 is 0 Å². The summed E-state index contributed by atoms with van der Waals surface area (Å²) in [6, 6.07) is 0. The Bertz CT molecular complexity index is 498. The van der Waals surface area contributed by atoms with Gasteiger partial charge in [0.15, 0.2) is 0 Å². The molecule has 0 saturated carbocycles. The normalized spacial score (nSPS) is 23.4. The Balaban J connectivity index is 2.49. The van der Waals surface area contributed by atoms with Gasteiger partial charge in [-0.3, -0.25) is 0 Å². The number of hydrogen-bond donors (Lipinski definition) is 0. The van der Waals surface area contributed by atoms with Gasteiger partial charge in [0, 0.05) is 12.0 Å². The van der Waals surface area contributed by atoms with Crippen LogP contribution in [0.4, 0.5) is 0 Å². The number of furan rings is 1. The van der Waals surface area contributed by atoms with Crippen LogP contribution in [0.15, 0.2) is 40.6 Å². The van der Waals surface area contributed by atoms with Crippen LogP contribution >= 0.6 is 0 Å². The number of aryl methyl sites for hydroxylation is 1. The van der Waals surface area contributed by atoms with Crippen molar-refractivity contribution in [2.24, 2.45) is 0 Å². The zero-order valence-corrected chi connectivity index (χ0v) is 11.0. The van der Waals surface area contributed by atoms with E-state index >= 15 is 0 Å². The molecular formula is C16H20O. The van der Waals surface area contributed by atoms with Crippen LogP contribution in [0.2, 0.25) is 0 Å². The molecule has 0 N–H and O–H groups in total. The quantitative estimate of drug-likeness (QED) is 0.580. The Hall–Kier alpha value is -1.50. The zero-order valence-electron chi connectivity index (χ0n) is 11.0. The summed E-state index contributed by atoms with van der Waals surface area (Å²) in [5, 5.41) is 0. The first-order chi connectivity index (χ1) is 8.08. The maximum absolute atomic E-state index is 5.66. The molecule has 0 bridgehead atoms. The molecule has 1 aliphatic carbocycles. The largest absolute Gasteiger partial charge is 0.468 e. The Morgan fingerprint density at radius 1 is 1.18 bits per heavy atom. The van der Waals surface area contributed by atoms with Crippen molar-refractivity contribution in [3.05, 3.63) is 53.0 Å². The van der Waals surface area contributed by atoms with Gasteiger partial charge in [-0.15, -0.1) is 0 Å². The molecule has 0 aromatic carbocycles. The van der Waals surface area contributed by atoms with Gasteiger partial charge in [-0.1, -0.05) is 29.9 Å². The zero-order chi connectivity index (χ0) is 12.4. The molecule has 1 heteroatoms. The molecule has 90 valence electrons.